The lowest BCUT2D eigenvalue weighted by Gasteiger charge is -2.37. The minimum atomic E-state index is -2.28. The van der Waals surface area contributed by atoms with E-state index in [-0.39, 0.29) is 13.0 Å². The van der Waals surface area contributed by atoms with E-state index in [0.29, 0.717) is 0 Å². The standard InChI is InChI=1S/C33H52N4O7Si2/c1-24(35(5)31(40)37(23-26-16-14-13-15-17-26)36(6)32(41)42-33(2,3)4)29(38)34-28(30(39)44-46(10,11)12)22-25-18-20-27(21-19-25)43-45(7,8)9/h13-21,24,28H,22-23H2,1-12H3,(H,34,38)/t24-,28-/m0/s1. The Balaban J connectivity index is 2.29. The fourth-order valence-corrected chi connectivity index (χ4v) is 5.74. The number of hydrogen-bond acceptors (Lipinski definition) is 7. The molecule has 0 spiro atoms. The molecule has 2 aromatic rings. The van der Waals surface area contributed by atoms with Gasteiger partial charge in [-0.25, -0.2) is 19.6 Å². The van der Waals surface area contributed by atoms with Crippen molar-refractivity contribution in [2.45, 2.75) is 97.6 Å². The second-order valence-electron chi connectivity index (χ2n) is 14.3. The summed E-state index contributed by atoms with van der Waals surface area (Å²) in [5.74, 6) is -0.337. The van der Waals surface area contributed by atoms with Gasteiger partial charge < -0.3 is 23.8 Å². The molecule has 4 amide bonds. The van der Waals surface area contributed by atoms with E-state index in [9.17, 15) is 19.2 Å². The van der Waals surface area contributed by atoms with Gasteiger partial charge in [0.25, 0.3) is 0 Å². The molecule has 254 valence electrons. The van der Waals surface area contributed by atoms with Gasteiger partial charge in [0.05, 0.1) is 6.54 Å². The molecule has 0 bridgehead atoms. The topological polar surface area (TPSA) is 118 Å². The summed E-state index contributed by atoms with van der Waals surface area (Å²) in [6.45, 7) is 18.8. The highest BCUT2D eigenvalue weighted by Gasteiger charge is 2.35. The van der Waals surface area contributed by atoms with Crippen molar-refractivity contribution in [3.63, 3.8) is 0 Å². The summed E-state index contributed by atoms with van der Waals surface area (Å²) in [4.78, 5) is 55.0. The van der Waals surface area contributed by atoms with Gasteiger partial charge in [-0.1, -0.05) is 42.5 Å². The highest BCUT2D eigenvalue weighted by molar-refractivity contribution is 6.71. The van der Waals surface area contributed by atoms with Crippen LogP contribution in [-0.2, 0) is 31.7 Å². The average Bonchev–Trinajstić information content (AvgIpc) is 2.92. The first-order valence-corrected chi connectivity index (χ1v) is 22.2. The van der Waals surface area contributed by atoms with Crippen molar-refractivity contribution in [1.82, 2.24) is 20.2 Å². The van der Waals surface area contributed by atoms with Crippen LogP contribution in [0.25, 0.3) is 0 Å². The number of likely N-dealkylation sites (N-methyl/N-ethyl adjacent to an activating group) is 1. The largest absolute Gasteiger partial charge is 0.544 e. The first-order valence-electron chi connectivity index (χ1n) is 15.4. The molecule has 11 nitrogen and oxygen atoms in total. The zero-order valence-corrected chi connectivity index (χ0v) is 31.5. The molecular weight excluding hydrogens is 621 g/mol. The van der Waals surface area contributed by atoms with Gasteiger partial charge in [0.1, 0.15) is 23.4 Å². The highest BCUT2D eigenvalue weighted by atomic mass is 28.4. The number of hydrogen-bond donors (Lipinski definition) is 1. The third kappa shape index (κ3) is 12.9. The third-order valence-electron chi connectivity index (χ3n) is 6.47. The normalized spacial score (nSPS) is 13.1. The Kier molecular flexibility index (Phi) is 13.0. The first-order chi connectivity index (χ1) is 21.1. The summed E-state index contributed by atoms with van der Waals surface area (Å²) in [5.41, 5.74) is 0.797. The number of nitrogens with zero attached hydrogens (tertiary/aromatic N) is 3. The van der Waals surface area contributed by atoms with Gasteiger partial charge in [-0.15, -0.1) is 0 Å². The Hall–Kier alpha value is -3.85. The molecule has 0 aliphatic heterocycles. The van der Waals surface area contributed by atoms with Crippen molar-refractivity contribution in [2.24, 2.45) is 0 Å². The Labute approximate surface area is 276 Å². The molecule has 0 aromatic heterocycles. The molecule has 46 heavy (non-hydrogen) atoms. The molecule has 2 rings (SSSR count). The van der Waals surface area contributed by atoms with E-state index in [2.05, 4.69) is 25.0 Å². The van der Waals surface area contributed by atoms with Crippen LogP contribution in [0, 0.1) is 0 Å². The van der Waals surface area contributed by atoms with Crippen LogP contribution in [0.3, 0.4) is 0 Å². The van der Waals surface area contributed by atoms with E-state index in [1.807, 2.05) is 74.2 Å². The van der Waals surface area contributed by atoms with E-state index in [0.717, 1.165) is 21.9 Å². The number of amides is 4. The predicted octanol–water partition coefficient (Wildman–Crippen LogP) is 6.03. The molecular formula is C33H52N4O7Si2. The van der Waals surface area contributed by atoms with Crippen molar-refractivity contribution in [3.8, 4) is 5.75 Å². The smallest absolute Gasteiger partial charge is 0.429 e. The fourth-order valence-electron chi connectivity index (χ4n) is 4.15. The minimum absolute atomic E-state index is 0.0523. The van der Waals surface area contributed by atoms with Gasteiger partial charge in [0, 0.05) is 20.5 Å². The van der Waals surface area contributed by atoms with Crippen molar-refractivity contribution < 1.29 is 32.8 Å². The van der Waals surface area contributed by atoms with Gasteiger partial charge in [0.15, 0.2) is 0 Å². The number of rotatable bonds is 11. The number of ether oxygens (including phenoxy) is 1. The number of carbonyl (C=O) groups is 4. The quantitative estimate of drug-likeness (QED) is 0.229. The summed E-state index contributed by atoms with van der Waals surface area (Å²) in [6.07, 6.45) is -0.536. The summed E-state index contributed by atoms with van der Waals surface area (Å²) in [5, 5.41) is 5.13. The van der Waals surface area contributed by atoms with Crippen molar-refractivity contribution in [2.75, 3.05) is 14.1 Å². The molecule has 0 unspecified atom stereocenters. The van der Waals surface area contributed by atoms with Crippen molar-refractivity contribution in [1.29, 1.82) is 0 Å². The Morgan fingerprint density at radius 2 is 1.39 bits per heavy atom. The van der Waals surface area contributed by atoms with E-state index in [4.69, 9.17) is 13.6 Å². The van der Waals surface area contributed by atoms with Crippen LogP contribution in [0.15, 0.2) is 54.6 Å². The lowest BCUT2D eigenvalue weighted by atomic mass is 10.1. The van der Waals surface area contributed by atoms with Crippen LogP contribution >= 0.6 is 0 Å². The Morgan fingerprint density at radius 1 is 0.826 bits per heavy atom. The number of nitrogens with one attached hydrogen (secondary N) is 1. The van der Waals surface area contributed by atoms with E-state index in [1.165, 1.54) is 24.0 Å². The molecule has 0 saturated carbocycles. The molecule has 1 N–H and O–H groups in total. The summed E-state index contributed by atoms with van der Waals surface area (Å²) in [6, 6.07) is 14.0. The second kappa shape index (κ2) is 15.6. The Bertz CT molecular complexity index is 1340. The monoisotopic (exact) mass is 672 g/mol. The molecule has 2 aromatic carbocycles. The highest BCUT2D eigenvalue weighted by Crippen LogP contribution is 2.19. The van der Waals surface area contributed by atoms with Gasteiger partial charge in [-0.2, -0.15) is 0 Å². The zero-order chi connectivity index (χ0) is 35.0. The number of benzene rings is 2. The predicted molar refractivity (Wildman–Crippen MR) is 184 cm³/mol. The first kappa shape index (κ1) is 38.3. The van der Waals surface area contributed by atoms with E-state index >= 15 is 0 Å². The number of hydrazine groups is 1. The van der Waals surface area contributed by atoms with Crippen LogP contribution in [-0.4, -0.2) is 87.3 Å². The molecule has 0 aliphatic rings. The van der Waals surface area contributed by atoms with Gasteiger partial charge in [-0.05, 0) is 90.2 Å². The Morgan fingerprint density at radius 3 is 1.89 bits per heavy atom. The van der Waals surface area contributed by atoms with E-state index in [1.54, 1.807) is 27.7 Å². The van der Waals surface area contributed by atoms with Crippen molar-refractivity contribution >= 4 is 40.6 Å². The summed E-state index contributed by atoms with van der Waals surface area (Å²) < 4.78 is 17.3. The van der Waals surface area contributed by atoms with Crippen molar-refractivity contribution in [3.05, 3.63) is 65.7 Å². The lowest BCUT2D eigenvalue weighted by Crippen LogP contribution is -2.57. The molecule has 0 aliphatic carbocycles. The minimum Gasteiger partial charge on any atom is -0.544 e. The van der Waals surface area contributed by atoms with Gasteiger partial charge >= 0.3 is 18.1 Å². The third-order valence-corrected chi connectivity index (χ3v) is 8.13. The van der Waals surface area contributed by atoms with Gasteiger partial charge in [-0.3, -0.25) is 9.59 Å². The summed E-state index contributed by atoms with van der Waals surface area (Å²) in [7, 11) is -1.16. The molecule has 0 saturated heterocycles. The van der Waals surface area contributed by atoms with Crippen LogP contribution in [0.1, 0.15) is 38.8 Å². The van der Waals surface area contributed by atoms with Crippen LogP contribution < -0.4 is 9.74 Å². The maximum atomic E-state index is 13.9. The maximum Gasteiger partial charge on any atom is 0.429 e. The van der Waals surface area contributed by atoms with Crippen LogP contribution in [0.4, 0.5) is 9.59 Å². The zero-order valence-electron chi connectivity index (χ0n) is 29.5. The van der Waals surface area contributed by atoms with Crippen LogP contribution in [0.5, 0.6) is 5.75 Å². The van der Waals surface area contributed by atoms with Crippen LogP contribution in [0.2, 0.25) is 39.3 Å². The van der Waals surface area contributed by atoms with Gasteiger partial charge in [0.2, 0.25) is 22.5 Å². The van der Waals surface area contributed by atoms with E-state index < -0.39 is 58.3 Å². The molecule has 0 radical (unpaired) electrons. The molecule has 0 fully saturated rings. The summed E-state index contributed by atoms with van der Waals surface area (Å²) >= 11 is 0. The second-order valence-corrected chi connectivity index (χ2v) is 23.1. The molecule has 2 atom stereocenters. The molecule has 13 heteroatoms. The number of urea groups is 1. The lowest BCUT2D eigenvalue weighted by molar-refractivity contribution is -0.140. The molecule has 0 heterocycles. The maximum absolute atomic E-state index is 13.9. The average molecular weight is 673 g/mol. The fraction of sp³-hybridized carbons (Fsp3) is 0.515. The number of carbonyl (C=O) groups excluding carboxylic acids is 4. The SMILES string of the molecule is C[C@@H](C(=O)N[C@@H](Cc1ccc(O[Si](C)(C)C)cc1)C(=O)O[Si](C)(C)C)N(C)C(=O)N(Cc1ccccc1)N(C)C(=O)OC(C)(C)C.